The average Bonchev–Trinajstić information content (AvgIpc) is 2.46. The molecule has 0 bridgehead atoms. The fraction of sp³-hybridized carbons (Fsp3) is 0.714. The molecule has 0 heterocycles. The molecule has 1 aliphatic rings. The van der Waals surface area contributed by atoms with Crippen LogP contribution < -0.4 is 4.74 Å². The van der Waals surface area contributed by atoms with E-state index in [1.807, 2.05) is 7.11 Å². The van der Waals surface area contributed by atoms with Gasteiger partial charge in [0.25, 0.3) is 0 Å². The quantitative estimate of drug-likeness (QED) is 0.751. The summed E-state index contributed by atoms with van der Waals surface area (Å²) in [6.45, 7) is 13.8. The van der Waals surface area contributed by atoms with Crippen LogP contribution in [0.1, 0.15) is 57.2 Å². The maximum absolute atomic E-state index is 5.73. The molecule has 2 nitrogen and oxygen atoms in total. The van der Waals surface area contributed by atoms with Crippen molar-refractivity contribution in [1.29, 1.82) is 0 Å². The van der Waals surface area contributed by atoms with E-state index in [9.17, 15) is 0 Å². The predicted molar refractivity (Wildman–Crippen MR) is 97.3 cm³/mol. The summed E-state index contributed by atoms with van der Waals surface area (Å²) < 4.78 is 11.3. The molecule has 1 aromatic carbocycles. The van der Waals surface area contributed by atoms with Crippen molar-refractivity contribution < 1.29 is 9.47 Å². The van der Waals surface area contributed by atoms with Crippen molar-refractivity contribution in [2.75, 3.05) is 14.2 Å². The van der Waals surface area contributed by atoms with Gasteiger partial charge in [0.1, 0.15) is 5.75 Å². The van der Waals surface area contributed by atoms with Gasteiger partial charge in [-0.2, -0.15) is 0 Å². The first-order valence-corrected chi connectivity index (χ1v) is 8.90. The number of ether oxygens (including phenoxy) is 2. The molecule has 0 aliphatic heterocycles. The SMILES string of the molecule is COc1c(C)cc(C(C)(C)C2CC(C)C(OC)C(C)C2)cc1C. The topological polar surface area (TPSA) is 18.5 Å². The summed E-state index contributed by atoms with van der Waals surface area (Å²) >= 11 is 0. The smallest absolute Gasteiger partial charge is 0.124 e. The van der Waals surface area contributed by atoms with Crippen LogP contribution in [0.2, 0.25) is 0 Å². The molecule has 0 amide bonds. The minimum absolute atomic E-state index is 0.170. The van der Waals surface area contributed by atoms with Gasteiger partial charge in [0.05, 0.1) is 13.2 Å². The second-order valence-electron chi connectivity index (χ2n) is 8.19. The number of methoxy groups -OCH3 is 2. The highest BCUT2D eigenvalue weighted by atomic mass is 16.5. The zero-order valence-corrected chi connectivity index (χ0v) is 16.2. The molecule has 1 saturated carbocycles. The number of hydrogen-bond acceptors (Lipinski definition) is 2. The van der Waals surface area contributed by atoms with Crippen LogP contribution in [0.15, 0.2) is 12.1 Å². The van der Waals surface area contributed by atoms with Crippen molar-refractivity contribution in [1.82, 2.24) is 0 Å². The highest BCUT2D eigenvalue weighted by Crippen LogP contribution is 2.46. The number of hydrogen-bond donors (Lipinski definition) is 0. The molecule has 1 aromatic rings. The van der Waals surface area contributed by atoms with E-state index in [0.29, 0.717) is 23.9 Å². The number of aryl methyl sites for hydroxylation is 2. The van der Waals surface area contributed by atoms with Gasteiger partial charge in [-0.3, -0.25) is 0 Å². The van der Waals surface area contributed by atoms with Crippen molar-refractivity contribution >= 4 is 0 Å². The molecule has 2 atom stereocenters. The van der Waals surface area contributed by atoms with E-state index >= 15 is 0 Å². The Kier molecular flexibility index (Phi) is 5.45. The van der Waals surface area contributed by atoms with Gasteiger partial charge in [0, 0.05) is 7.11 Å². The summed E-state index contributed by atoms with van der Waals surface area (Å²) in [6, 6.07) is 4.65. The standard InChI is InChI=1S/C21H34O2/c1-13-9-17(10-14(2)19(13)22-7)21(5,6)18-11-15(3)20(23-8)16(4)12-18/h9-10,15-16,18,20H,11-12H2,1-8H3. The molecule has 23 heavy (non-hydrogen) atoms. The Labute approximate surface area is 142 Å². The van der Waals surface area contributed by atoms with Crippen LogP contribution in [0.5, 0.6) is 5.75 Å². The van der Waals surface area contributed by atoms with Gasteiger partial charge in [-0.15, -0.1) is 0 Å². The summed E-state index contributed by atoms with van der Waals surface area (Å²) in [5.41, 5.74) is 4.08. The first-order chi connectivity index (χ1) is 10.7. The lowest BCUT2D eigenvalue weighted by molar-refractivity contribution is -0.0345. The van der Waals surface area contributed by atoms with E-state index in [1.54, 1.807) is 7.11 Å². The summed E-state index contributed by atoms with van der Waals surface area (Å²) in [4.78, 5) is 0. The Bertz CT molecular complexity index is 512. The van der Waals surface area contributed by atoms with Crippen LogP contribution in [0, 0.1) is 31.6 Å². The van der Waals surface area contributed by atoms with Crippen molar-refractivity contribution in [3.63, 3.8) is 0 Å². The van der Waals surface area contributed by atoms with E-state index < -0.39 is 0 Å². The molecule has 0 aromatic heterocycles. The molecule has 2 heteroatoms. The first-order valence-electron chi connectivity index (χ1n) is 8.90. The lowest BCUT2D eigenvalue weighted by Crippen LogP contribution is -2.42. The molecular weight excluding hydrogens is 284 g/mol. The molecule has 2 rings (SSSR count). The van der Waals surface area contributed by atoms with Gasteiger partial charge in [-0.05, 0) is 66.5 Å². The normalized spacial score (nSPS) is 28.7. The molecule has 130 valence electrons. The summed E-state index contributed by atoms with van der Waals surface area (Å²) in [7, 11) is 3.62. The Morgan fingerprint density at radius 2 is 1.43 bits per heavy atom. The average molecular weight is 319 g/mol. The predicted octanol–water partition coefficient (Wildman–Crippen LogP) is 5.29. The fourth-order valence-electron chi connectivity index (χ4n) is 4.76. The molecular formula is C21H34O2. The van der Waals surface area contributed by atoms with E-state index in [4.69, 9.17) is 9.47 Å². The molecule has 0 saturated heterocycles. The third-order valence-electron chi connectivity index (χ3n) is 6.14. The highest BCUT2D eigenvalue weighted by molar-refractivity contribution is 5.45. The van der Waals surface area contributed by atoms with Crippen molar-refractivity contribution in [3.8, 4) is 5.75 Å². The van der Waals surface area contributed by atoms with Crippen LogP contribution >= 0.6 is 0 Å². The van der Waals surface area contributed by atoms with E-state index in [1.165, 1.54) is 29.5 Å². The third-order valence-corrected chi connectivity index (χ3v) is 6.14. The van der Waals surface area contributed by atoms with Gasteiger partial charge in [0.15, 0.2) is 0 Å². The van der Waals surface area contributed by atoms with Gasteiger partial charge >= 0.3 is 0 Å². The molecule has 0 spiro atoms. The van der Waals surface area contributed by atoms with Crippen LogP contribution in [-0.4, -0.2) is 20.3 Å². The second kappa shape index (κ2) is 6.84. The maximum Gasteiger partial charge on any atom is 0.124 e. The Morgan fingerprint density at radius 3 is 1.83 bits per heavy atom. The highest BCUT2D eigenvalue weighted by Gasteiger charge is 2.41. The largest absolute Gasteiger partial charge is 0.496 e. The Hall–Kier alpha value is -1.02. The fourth-order valence-corrected chi connectivity index (χ4v) is 4.76. The lowest BCUT2D eigenvalue weighted by Gasteiger charge is -2.45. The van der Waals surface area contributed by atoms with Crippen molar-refractivity contribution in [3.05, 3.63) is 28.8 Å². The van der Waals surface area contributed by atoms with Crippen LogP contribution in [0.25, 0.3) is 0 Å². The second-order valence-corrected chi connectivity index (χ2v) is 8.19. The van der Waals surface area contributed by atoms with E-state index in [2.05, 4.69) is 53.7 Å². The molecule has 2 unspecified atom stereocenters. The molecule has 1 fully saturated rings. The van der Waals surface area contributed by atoms with Crippen LogP contribution in [-0.2, 0) is 10.2 Å². The zero-order valence-electron chi connectivity index (χ0n) is 16.2. The summed E-state index contributed by atoms with van der Waals surface area (Å²) in [5.74, 6) is 2.95. The van der Waals surface area contributed by atoms with Gasteiger partial charge in [-0.1, -0.05) is 39.8 Å². The minimum Gasteiger partial charge on any atom is -0.496 e. The molecule has 0 N–H and O–H groups in total. The zero-order chi connectivity index (χ0) is 17.4. The van der Waals surface area contributed by atoms with Gasteiger partial charge in [-0.25, -0.2) is 0 Å². The third kappa shape index (κ3) is 3.42. The number of benzene rings is 1. The first kappa shape index (κ1) is 18.3. The molecule has 1 aliphatic carbocycles. The van der Waals surface area contributed by atoms with Crippen molar-refractivity contribution in [2.45, 2.75) is 65.9 Å². The van der Waals surface area contributed by atoms with Gasteiger partial charge in [0.2, 0.25) is 0 Å². The molecule has 0 radical (unpaired) electrons. The van der Waals surface area contributed by atoms with E-state index in [-0.39, 0.29) is 5.41 Å². The minimum atomic E-state index is 0.170. The Morgan fingerprint density at radius 1 is 0.957 bits per heavy atom. The van der Waals surface area contributed by atoms with E-state index in [0.717, 1.165) is 5.75 Å². The van der Waals surface area contributed by atoms with Crippen LogP contribution in [0.4, 0.5) is 0 Å². The van der Waals surface area contributed by atoms with Crippen molar-refractivity contribution in [2.24, 2.45) is 17.8 Å². The Balaban J connectivity index is 2.32. The maximum atomic E-state index is 5.73. The lowest BCUT2D eigenvalue weighted by atomic mass is 9.62. The monoisotopic (exact) mass is 318 g/mol. The summed E-state index contributed by atoms with van der Waals surface area (Å²) in [5, 5.41) is 0. The number of rotatable bonds is 4. The van der Waals surface area contributed by atoms with Gasteiger partial charge < -0.3 is 9.47 Å². The summed E-state index contributed by atoms with van der Waals surface area (Å²) in [6.07, 6.45) is 2.88. The van der Waals surface area contributed by atoms with Crippen LogP contribution in [0.3, 0.4) is 0 Å².